The molecule has 140 valence electrons. The van der Waals surface area contributed by atoms with Gasteiger partial charge in [-0.05, 0) is 37.1 Å². The third-order valence-electron chi connectivity index (χ3n) is 3.82. The van der Waals surface area contributed by atoms with Crippen molar-refractivity contribution < 1.29 is 27.1 Å². The predicted octanol–water partition coefficient (Wildman–Crippen LogP) is 1.19. The maximum absolute atomic E-state index is 12.3. The minimum atomic E-state index is -3.66. The molecule has 1 aromatic heterocycles. The van der Waals surface area contributed by atoms with Crippen LogP contribution in [0.25, 0.3) is 0 Å². The largest absolute Gasteiger partial charge is 0.452 e. The van der Waals surface area contributed by atoms with Gasteiger partial charge in [0.25, 0.3) is 5.89 Å². The Morgan fingerprint density at radius 1 is 1.31 bits per heavy atom. The maximum atomic E-state index is 12.3. The Morgan fingerprint density at radius 3 is 2.69 bits per heavy atom. The van der Waals surface area contributed by atoms with E-state index in [0.29, 0.717) is 12.5 Å². The summed E-state index contributed by atoms with van der Waals surface area (Å²) in [6, 6.07) is 5.49. The molecule has 1 aliphatic heterocycles. The molecule has 0 saturated carbocycles. The number of carbonyl (C=O) groups excluding carboxylic acids is 1. The summed E-state index contributed by atoms with van der Waals surface area (Å²) in [6.07, 6.45) is 1.69. The van der Waals surface area contributed by atoms with E-state index in [1.807, 2.05) is 0 Å². The van der Waals surface area contributed by atoms with Crippen molar-refractivity contribution in [3.05, 3.63) is 41.6 Å². The molecule has 1 atom stereocenters. The van der Waals surface area contributed by atoms with Gasteiger partial charge in [0, 0.05) is 20.1 Å². The van der Waals surface area contributed by atoms with Crippen molar-refractivity contribution in [2.75, 3.05) is 13.2 Å². The predicted molar refractivity (Wildman–Crippen MR) is 88.8 cm³/mol. The van der Waals surface area contributed by atoms with E-state index in [-0.39, 0.29) is 35.6 Å². The summed E-state index contributed by atoms with van der Waals surface area (Å²) in [4.78, 5) is 12.1. The number of benzene rings is 1. The molecule has 0 radical (unpaired) electrons. The molecular weight excluding hydrogens is 362 g/mol. The van der Waals surface area contributed by atoms with Gasteiger partial charge in [0.1, 0.15) is 0 Å². The Labute approximate surface area is 150 Å². The number of aromatic nitrogens is 2. The van der Waals surface area contributed by atoms with Gasteiger partial charge in [0.15, 0.2) is 6.61 Å². The van der Waals surface area contributed by atoms with Gasteiger partial charge in [-0.2, -0.15) is 0 Å². The van der Waals surface area contributed by atoms with E-state index in [1.54, 1.807) is 6.92 Å². The first kappa shape index (κ1) is 18.5. The SMILES string of the molecule is Cc1nnc(COC(=O)c2ccc(S(=O)(=O)NCC3CCCO3)cc2)o1. The summed E-state index contributed by atoms with van der Waals surface area (Å²) in [5, 5.41) is 7.35. The lowest BCUT2D eigenvalue weighted by atomic mass is 10.2. The number of esters is 1. The van der Waals surface area contributed by atoms with Gasteiger partial charge in [0.05, 0.1) is 16.6 Å². The fraction of sp³-hybridized carbons (Fsp3) is 0.438. The van der Waals surface area contributed by atoms with Crippen molar-refractivity contribution in [3.8, 4) is 0 Å². The number of nitrogens with one attached hydrogen (secondary N) is 1. The zero-order chi connectivity index (χ0) is 18.6. The lowest BCUT2D eigenvalue weighted by molar-refractivity contribution is 0.0436. The molecule has 9 nitrogen and oxygen atoms in total. The van der Waals surface area contributed by atoms with Crippen LogP contribution in [0.5, 0.6) is 0 Å². The van der Waals surface area contributed by atoms with Gasteiger partial charge in [-0.1, -0.05) is 0 Å². The first-order valence-corrected chi connectivity index (χ1v) is 9.60. The number of ether oxygens (including phenoxy) is 2. The molecule has 3 rings (SSSR count). The molecule has 1 aliphatic rings. The van der Waals surface area contributed by atoms with E-state index >= 15 is 0 Å². The van der Waals surface area contributed by atoms with Gasteiger partial charge in [-0.3, -0.25) is 0 Å². The van der Waals surface area contributed by atoms with Crippen LogP contribution in [0.3, 0.4) is 0 Å². The van der Waals surface area contributed by atoms with Crippen LogP contribution in [-0.2, 0) is 26.1 Å². The topological polar surface area (TPSA) is 121 Å². The first-order chi connectivity index (χ1) is 12.4. The second-order valence-corrected chi connectivity index (χ2v) is 7.57. The van der Waals surface area contributed by atoms with Crippen molar-refractivity contribution in [1.29, 1.82) is 0 Å². The lowest BCUT2D eigenvalue weighted by Crippen LogP contribution is -2.31. The van der Waals surface area contributed by atoms with Crippen LogP contribution in [0, 0.1) is 6.92 Å². The third-order valence-corrected chi connectivity index (χ3v) is 5.26. The molecular formula is C16H19N3O6S. The zero-order valence-electron chi connectivity index (χ0n) is 14.2. The number of carbonyl (C=O) groups is 1. The molecule has 1 unspecified atom stereocenters. The monoisotopic (exact) mass is 381 g/mol. The van der Waals surface area contributed by atoms with Crippen LogP contribution < -0.4 is 4.72 Å². The quantitative estimate of drug-likeness (QED) is 0.710. The second-order valence-electron chi connectivity index (χ2n) is 5.80. The molecule has 26 heavy (non-hydrogen) atoms. The molecule has 0 amide bonds. The minimum absolute atomic E-state index is 0.0690. The van der Waals surface area contributed by atoms with Gasteiger partial charge in [-0.25, -0.2) is 17.9 Å². The number of rotatable bonds is 7. The first-order valence-electron chi connectivity index (χ1n) is 8.11. The van der Waals surface area contributed by atoms with Gasteiger partial charge in [-0.15, -0.1) is 10.2 Å². The number of hydrogen-bond donors (Lipinski definition) is 1. The van der Waals surface area contributed by atoms with Crippen LogP contribution >= 0.6 is 0 Å². The zero-order valence-corrected chi connectivity index (χ0v) is 15.0. The highest BCUT2D eigenvalue weighted by Gasteiger charge is 2.20. The van der Waals surface area contributed by atoms with E-state index in [0.717, 1.165) is 12.8 Å². The van der Waals surface area contributed by atoms with Crippen LogP contribution in [0.2, 0.25) is 0 Å². The second kappa shape index (κ2) is 7.94. The highest BCUT2D eigenvalue weighted by atomic mass is 32.2. The molecule has 0 bridgehead atoms. The summed E-state index contributed by atoms with van der Waals surface area (Å²) in [6.45, 7) is 2.37. The molecule has 10 heteroatoms. The number of aryl methyl sites for hydroxylation is 1. The normalized spacial score (nSPS) is 17.3. The van der Waals surface area contributed by atoms with Crippen molar-refractivity contribution in [2.24, 2.45) is 0 Å². The highest BCUT2D eigenvalue weighted by molar-refractivity contribution is 7.89. The van der Waals surface area contributed by atoms with Crippen LogP contribution in [0.4, 0.5) is 0 Å². The Hall–Kier alpha value is -2.30. The average Bonchev–Trinajstić information content (AvgIpc) is 3.30. The summed E-state index contributed by atoms with van der Waals surface area (Å²) in [5.41, 5.74) is 0.222. The van der Waals surface area contributed by atoms with E-state index in [9.17, 15) is 13.2 Å². The minimum Gasteiger partial charge on any atom is -0.452 e. The van der Waals surface area contributed by atoms with Crippen molar-refractivity contribution in [2.45, 2.75) is 37.4 Å². The van der Waals surface area contributed by atoms with Crippen LogP contribution in [0.15, 0.2) is 33.6 Å². The Kier molecular flexibility index (Phi) is 5.64. The molecule has 1 saturated heterocycles. The number of nitrogens with zero attached hydrogens (tertiary/aromatic N) is 2. The van der Waals surface area contributed by atoms with E-state index in [1.165, 1.54) is 24.3 Å². The lowest BCUT2D eigenvalue weighted by Gasteiger charge is -2.11. The third kappa shape index (κ3) is 4.65. The molecule has 2 aromatic rings. The molecule has 1 fully saturated rings. The summed E-state index contributed by atoms with van der Waals surface area (Å²) in [5.74, 6) is -0.0494. The summed E-state index contributed by atoms with van der Waals surface area (Å²) >= 11 is 0. The number of sulfonamides is 1. The highest BCUT2D eigenvalue weighted by Crippen LogP contribution is 2.15. The smallest absolute Gasteiger partial charge is 0.338 e. The van der Waals surface area contributed by atoms with E-state index < -0.39 is 16.0 Å². The fourth-order valence-electron chi connectivity index (χ4n) is 2.47. The van der Waals surface area contributed by atoms with Crippen molar-refractivity contribution in [3.63, 3.8) is 0 Å². The Balaban J connectivity index is 1.57. The molecule has 1 aromatic carbocycles. The average molecular weight is 381 g/mol. The fourth-order valence-corrected chi connectivity index (χ4v) is 3.53. The molecule has 1 N–H and O–H groups in total. The van der Waals surface area contributed by atoms with Crippen LogP contribution in [0.1, 0.15) is 35.0 Å². The van der Waals surface area contributed by atoms with Gasteiger partial charge < -0.3 is 13.9 Å². The molecule has 0 spiro atoms. The molecule has 2 heterocycles. The van der Waals surface area contributed by atoms with Gasteiger partial charge in [0.2, 0.25) is 15.9 Å². The number of hydrogen-bond acceptors (Lipinski definition) is 8. The summed E-state index contributed by atoms with van der Waals surface area (Å²) in [7, 11) is -3.66. The Morgan fingerprint density at radius 2 is 2.08 bits per heavy atom. The molecule has 0 aliphatic carbocycles. The van der Waals surface area contributed by atoms with E-state index in [2.05, 4.69) is 14.9 Å². The van der Waals surface area contributed by atoms with Gasteiger partial charge >= 0.3 is 5.97 Å². The maximum Gasteiger partial charge on any atom is 0.338 e. The standard InChI is InChI=1S/C16H19N3O6S/c1-11-18-19-15(25-11)10-24-16(20)12-4-6-14(7-5-12)26(21,22)17-9-13-3-2-8-23-13/h4-7,13,17H,2-3,8-10H2,1H3. The van der Waals surface area contributed by atoms with Crippen molar-refractivity contribution in [1.82, 2.24) is 14.9 Å². The van der Waals surface area contributed by atoms with Crippen molar-refractivity contribution >= 4 is 16.0 Å². The summed E-state index contributed by atoms with van der Waals surface area (Å²) < 4.78 is 42.6. The Bertz CT molecular complexity index is 856. The van der Waals surface area contributed by atoms with E-state index in [4.69, 9.17) is 13.9 Å². The van der Waals surface area contributed by atoms with Crippen LogP contribution in [-0.4, -0.2) is 43.8 Å².